The van der Waals surface area contributed by atoms with E-state index < -0.39 is 6.10 Å². The molecule has 0 aliphatic carbocycles. The van der Waals surface area contributed by atoms with Crippen LogP contribution in [0.3, 0.4) is 0 Å². The van der Waals surface area contributed by atoms with Crippen LogP contribution < -0.4 is 10.1 Å². The van der Waals surface area contributed by atoms with Gasteiger partial charge in [-0.15, -0.1) is 0 Å². The van der Waals surface area contributed by atoms with Crippen molar-refractivity contribution in [2.24, 2.45) is 5.92 Å². The van der Waals surface area contributed by atoms with Gasteiger partial charge >= 0.3 is 0 Å². The van der Waals surface area contributed by atoms with Gasteiger partial charge in [-0.1, -0.05) is 31.5 Å². The topological polar surface area (TPSA) is 58.6 Å². The number of halogens is 1. The summed E-state index contributed by atoms with van der Waals surface area (Å²) in [5.74, 6) is 0.616. The largest absolute Gasteiger partial charge is 0.481 e. The van der Waals surface area contributed by atoms with Gasteiger partial charge in [0.2, 0.25) is 0 Å². The van der Waals surface area contributed by atoms with Gasteiger partial charge in [-0.3, -0.25) is 4.79 Å². The first-order valence-electron chi connectivity index (χ1n) is 6.77. The van der Waals surface area contributed by atoms with E-state index in [1.807, 2.05) is 13.8 Å². The van der Waals surface area contributed by atoms with Gasteiger partial charge in [0.15, 0.2) is 6.10 Å². The summed E-state index contributed by atoms with van der Waals surface area (Å²) < 4.78 is 5.56. The summed E-state index contributed by atoms with van der Waals surface area (Å²) in [4.78, 5) is 12.1. The zero-order valence-corrected chi connectivity index (χ0v) is 12.9. The van der Waals surface area contributed by atoms with Crippen LogP contribution in [0.25, 0.3) is 0 Å². The average Bonchev–Trinajstić information content (AvgIpc) is 2.37. The Balaban J connectivity index is 2.58. The number of carbonyl (C=O) groups is 1. The van der Waals surface area contributed by atoms with Gasteiger partial charge in [0.1, 0.15) is 5.75 Å². The van der Waals surface area contributed by atoms with Crippen LogP contribution in [0.4, 0.5) is 0 Å². The number of aliphatic hydroxyl groups is 1. The monoisotopic (exact) mass is 299 g/mol. The van der Waals surface area contributed by atoms with E-state index in [1.54, 1.807) is 31.2 Å². The Bertz CT molecular complexity index is 437. The van der Waals surface area contributed by atoms with E-state index in [0.29, 0.717) is 17.2 Å². The summed E-state index contributed by atoms with van der Waals surface area (Å²) in [6.45, 7) is 5.74. The predicted molar refractivity (Wildman–Crippen MR) is 80.0 cm³/mol. The van der Waals surface area contributed by atoms with Crippen LogP contribution in [0.5, 0.6) is 5.75 Å². The summed E-state index contributed by atoms with van der Waals surface area (Å²) in [6, 6.07) is 6.88. The second kappa shape index (κ2) is 8.12. The van der Waals surface area contributed by atoms with Crippen molar-refractivity contribution in [3.63, 3.8) is 0 Å². The molecular weight excluding hydrogens is 278 g/mol. The highest BCUT2D eigenvalue weighted by Gasteiger charge is 2.20. The maximum absolute atomic E-state index is 12.1. The third-order valence-corrected chi connectivity index (χ3v) is 3.29. The van der Waals surface area contributed by atoms with E-state index in [0.717, 1.165) is 0 Å². The Labute approximate surface area is 125 Å². The molecule has 0 fully saturated rings. The molecule has 0 aliphatic rings. The van der Waals surface area contributed by atoms with E-state index >= 15 is 0 Å². The lowest BCUT2D eigenvalue weighted by molar-refractivity contribution is -0.128. The van der Waals surface area contributed by atoms with Crippen LogP contribution in [0.15, 0.2) is 24.3 Å². The Morgan fingerprint density at radius 2 is 2.10 bits per heavy atom. The van der Waals surface area contributed by atoms with Gasteiger partial charge in [-0.2, -0.15) is 0 Å². The molecule has 0 heterocycles. The highest BCUT2D eigenvalue weighted by molar-refractivity contribution is 6.30. The minimum absolute atomic E-state index is 0.0483. The number of rotatable bonds is 7. The lowest BCUT2D eigenvalue weighted by atomic mass is 10.0. The molecule has 0 spiro atoms. The van der Waals surface area contributed by atoms with E-state index in [1.165, 1.54) is 0 Å². The first-order chi connectivity index (χ1) is 9.43. The van der Waals surface area contributed by atoms with Crippen molar-refractivity contribution in [3.8, 4) is 5.75 Å². The van der Waals surface area contributed by atoms with E-state index in [9.17, 15) is 4.79 Å². The van der Waals surface area contributed by atoms with Crippen LogP contribution >= 0.6 is 11.6 Å². The normalized spacial score (nSPS) is 13.9. The molecule has 1 aromatic carbocycles. The Hall–Kier alpha value is -1.26. The molecule has 2 unspecified atom stereocenters. The second-order valence-electron chi connectivity index (χ2n) is 5.09. The summed E-state index contributed by atoms with van der Waals surface area (Å²) >= 11 is 5.87. The minimum atomic E-state index is -0.617. The summed E-state index contributed by atoms with van der Waals surface area (Å²) in [5, 5.41) is 12.5. The molecule has 1 amide bonds. The van der Waals surface area contributed by atoms with Gasteiger partial charge in [0.25, 0.3) is 5.91 Å². The number of amides is 1. The van der Waals surface area contributed by atoms with Crippen LogP contribution in [-0.2, 0) is 4.79 Å². The zero-order chi connectivity index (χ0) is 15.1. The first-order valence-corrected chi connectivity index (χ1v) is 7.15. The van der Waals surface area contributed by atoms with Gasteiger partial charge in [0, 0.05) is 17.7 Å². The van der Waals surface area contributed by atoms with Crippen molar-refractivity contribution in [1.82, 2.24) is 5.32 Å². The molecule has 4 nitrogen and oxygen atoms in total. The Kier molecular flexibility index (Phi) is 6.82. The van der Waals surface area contributed by atoms with Gasteiger partial charge in [-0.05, 0) is 37.5 Å². The first kappa shape index (κ1) is 16.8. The molecule has 1 aromatic rings. The highest BCUT2D eigenvalue weighted by atomic mass is 35.5. The Morgan fingerprint density at radius 1 is 1.40 bits per heavy atom. The van der Waals surface area contributed by atoms with E-state index in [4.69, 9.17) is 21.4 Å². The molecule has 2 N–H and O–H groups in total. The summed E-state index contributed by atoms with van der Waals surface area (Å²) in [5.41, 5.74) is 0. The van der Waals surface area contributed by atoms with Crippen molar-refractivity contribution in [2.75, 3.05) is 6.61 Å². The number of hydrogen-bond acceptors (Lipinski definition) is 3. The number of aliphatic hydroxyl groups excluding tert-OH is 1. The second-order valence-corrected chi connectivity index (χ2v) is 5.53. The minimum Gasteiger partial charge on any atom is -0.481 e. The predicted octanol–water partition coefficient (Wildman–Crippen LogP) is 2.63. The lowest BCUT2D eigenvalue weighted by Crippen LogP contribution is -2.45. The van der Waals surface area contributed by atoms with Crippen LogP contribution in [-0.4, -0.2) is 29.8 Å². The summed E-state index contributed by atoms with van der Waals surface area (Å²) in [7, 11) is 0. The molecule has 20 heavy (non-hydrogen) atoms. The molecular formula is C15H22ClNO3. The summed E-state index contributed by atoms with van der Waals surface area (Å²) in [6.07, 6.45) is -0.0822. The number of carbonyl (C=O) groups excluding carboxylic acids is 1. The maximum Gasteiger partial charge on any atom is 0.261 e. The number of hydrogen-bond donors (Lipinski definition) is 2. The van der Waals surface area contributed by atoms with Crippen molar-refractivity contribution in [1.29, 1.82) is 0 Å². The molecule has 0 aliphatic heterocycles. The fourth-order valence-corrected chi connectivity index (χ4v) is 1.99. The van der Waals surface area contributed by atoms with Gasteiger partial charge in [0.05, 0.1) is 0 Å². The molecule has 5 heteroatoms. The van der Waals surface area contributed by atoms with Crippen molar-refractivity contribution >= 4 is 17.5 Å². The van der Waals surface area contributed by atoms with E-state index in [2.05, 4.69) is 5.32 Å². The molecule has 0 radical (unpaired) electrons. The molecule has 2 atom stereocenters. The molecule has 0 saturated heterocycles. The maximum atomic E-state index is 12.1. The van der Waals surface area contributed by atoms with Gasteiger partial charge < -0.3 is 15.2 Å². The SMILES string of the molecule is CC(Oc1cccc(Cl)c1)C(=O)NC(CCO)C(C)C. The van der Waals surface area contributed by atoms with Crippen molar-refractivity contribution < 1.29 is 14.6 Å². The quantitative estimate of drug-likeness (QED) is 0.814. The van der Waals surface area contributed by atoms with Gasteiger partial charge in [-0.25, -0.2) is 0 Å². The van der Waals surface area contributed by atoms with Crippen LogP contribution in [0.1, 0.15) is 27.2 Å². The van der Waals surface area contributed by atoms with Crippen molar-refractivity contribution in [3.05, 3.63) is 29.3 Å². The smallest absolute Gasteiger partial charge is 0.261 e. The zero-order valence-electron chi connectivity index (χ0n) is 12.1. The number of benzene rings is 1. The van der Waals surface area contributed by atoms with Crippen LogP contribution in [0.2, 0.25) is 5.02 Å². The van der Waals surface area contributed by atoms with Crippen LogP contribution in [0, 0.1) is 5.92 Å². The standard InChI is InChI=1S/C15H22ClNO3/c1-10(2)14(7-8-18)17-15(19)11(3)20-13-6-4-5-12(16)9-13/h4-6,9-11,14,18H,7-8H2,1-3H3,(H,17,19). The molecule has 0 aromatic heterocycles. The third kappa shape index (κ3) is 5.39. The van der Waals surface area contributed by atoms with Crippen molar-refractivity contribution in [2.45, 2.75) is 39.3 Å². The highest BCUT2D eigenvalue weighted by Crippen LogP contribution is 2.18. The average molecular weight is 300 g/mol. The fourth-order valence-electron chi connectivity index (χ4n) is 1.81. The molecule has 0 bridgehead atoms. The Morgan fingerprint density at radius 3 is 2.65 bits per heavy atom. The number of nitrogens with one attached hydrogen (secondary N) is 1. The molecule has 0 saturated carbocycles. The third-order valence-electron chi connectivity index (χ3n) is 3.05. The molecule has 1 rings (SSSR count). The number of ether oxygens (including phenoxy) is 1. The lowest BCUT2D eigenvalue weighted by Gasteiger charge is -2.24. The van der Waals surface area contributed by atoms with E-state index in [-0.39, 0.29) is 24.5 Å². The molecule has 112 valence electrons. The fraction of sp³-hybridized carbons (Fsp3) is 0.533.